The molecular weight excluding hydrogens is 496 g/mol. The number of carbonyl (C=O) groups is 2. The summed E-state index contributed by atoms with van der Waals surface area (Å²) in [6, 6.07) is 3.17. The minimum Gasteiger partial charge on any atom is -0.481 e. The number of hydrogen-bond donors (Lipinski definition) is 3. The van der Waals surface area contributed by atoms with Crippen LogP contribution < -0.4 is 9.47 Å². The average molecular weight is 537 g/mol. The maximum absolute atomic E-state index is 13.4. The molecule has 3 heterocycles. The molecule has 0 aromatic heterocycles. The molecule has 0 bridgehead atoms. The van der Waals surface area contributed by atoms with Gasteiger partial charge in [-0.3, -0.25) is 14.5 Å². The van der Waals surface area contributed by atoms with Crippen LogP contribution in [0.1, 0.15) is 56.1 Å². The maximum atomic E-state index is 13.4. The molecule has 212 valence electrons. The highest BCUT2D eigenvalue weighted by Crippen LogP contribution is 2.45. The molecular formula is C27H40N2O9. The molecule has 38 heavy (non-hydrogen) atoms. The number of carbonyl (C=O) groups excluding carboxylic acids is 1. The van der Waals surface area contributed by atoms with Gasteiger partial charge in [0.15, 0.2) is 17.8 Å². The largest absolute Gasteiger partial charge is 0.481 e. The first-order chi connectivity index (χ1) is 18.5. The zero-order valence-electron chi connectivity index (χ0n) is 22.0. The van der Waals surface area contributed by atoms with Crippen molar-refractivity contribution in [3.8, 4) is 11.5 Å². The van der Waals surface area contributed by atoms with Gasteiger partial charge in [-0.2, -0.15) is 0 Å². The van der Waals surface area contributed by atoms with Crippen LogP contribution in [0.15, 0.2) is 12.1 Å². The van der Waals surface area contributed by atoms with Crippen molar-refractivity contribution >= 4 is 11.9 Å². The number of rotatable bonds is 14. The number of nitrogens with zero attached hydrogens (tertiary/aromatic N) is 2. The molecule has 3 atom stereocenters. The molecule has 0 spiro atoms. The Morgan fingerprint density at radius 3 is 2.53 bits per heavy atom. The number of likely N-dealkylation sites (tertiary alicyclic amines) is 1. The number of amides is 1. The zero-order valence-corrected chi connectivity index (χ0v) is 22.0. The minimum absolute atomic E-state index is 0.00407. The van der Waals surface area contributed by atoms with E-state index in [4.69, 9.17) is 18.9 Å². The summed E-state index contributed by atoms with van der Waals surface area (Å²) in [5.74, 6) is -1.24. The number of unbranched alkanes of at least 4 members (excludes halogenated alkanes) is 1. The molecule has 1 aromatic carbocycles. The van der Waals surface area contributed by atoms with Gasteiger partial charge in [0.1, 0.15) is 0 Å². The van der Waals surface area contributed by atoms with Gasteiger partial charge >= 0.3 is 5.97 Å². The van der Waals surface area contributed by atoms with Crippen LogP contribution in [0, 0.1) is 5.92 Å². The highest BCUT2D eigenvalue weighted by Gasteiger charge is 2.47. The van der Waals surface area contributed by atoms with Gasteiger partial charge in [0, 0.05) is 43.8 Å². The summed E-state index contributed by atoms with van der Waals surface area (Å²) in [6.07, 6.45) is 2.94. The second-order valence-electron chi connectivity index (χ2n) is 10.1. The molecule has 0 radical (unpaired) electrons. The lowest BCUT2D eigenvalue weighted by molar-refractivity contribution is -0.144. The van der Waals surface area contributed by atoms with E-state index in [1.54, 1.807) is 17.0 Å². The van der Waals surface area contributed by atoms with E-state index in [1.807, 2.05) is 4.90 Å². The number of fused-ring (bicyclic) bond motifs is 1. The highest BCUT2D eigenvalue weighted by molar-refractivity contribution is 5.79. The second kappa shape index (κ2) is 13.6. The van der Waals surface area contributed by atoms with E-state index in [9.17, 15) is 24.9 Å². The van der Waals surface area contributed by atoms with Crippen molar-refractivity contribution in [1.29, 1.82) is 0 Å². The van der Waals surface area contributed by atoms with E-state index >= 15 is 0 Å². The first kappa shape index (κ1) is 28.6. The zero-order chi connectivity index (χ0) is 27.1. The molecule has 3 aliphatic heterocycles. The normalized spacial score (nSPS) is 23.3. The molecule has 1 aromatic rings. The summed E-state index contributed by atoms with van der Waals surface area (Å²) in [7, 11) is 0. The molecule has 0 saturated carbocycles. The van der Waals surface area contributed by atoms with Crippen molar-refractivity contribution in [2.45, 2.75) is 63.9 Å². The number of aliphatic carboxylic acids is 1. The third-order valence-corrected chi connectivity index (χ3v) is 7.65. The molecule has 3 aliphatic rings. The Bertz CT molecular complexity index is 945. The van der Waals surface area contributed by atoms with E-state index in [0.717, 1.165) is 18.4 Å². The standard InChI is InChI=1S/C27H40N2O9/c1-2-3-7-28(8-4-9-30)23(32)15-29-14-20(18-12-19(16-31)26-22(13-18)37-17-38-26)25(27(33)34)21(29)5-6-24-35-10-11-36-24/h12-13,20-21,24-25,30-31H,2-11,14-17H2,1H3,(H,33,34)/t20-,21+,25-/m1/s1. The maximum Gasteiger partial charge on any atom is 0.308 e. The monoisotopic (exact) mass is 536 g/mol. The fourth-order valence-corrected chi connectivity index (χ4v) is 5.75. The van der Waals surface area contributed by atoms with Gasteiger partial charge in [-0.15, -0.1) is 0 Å². The summed E-state index contributed by atoms with van der Waals surface area (Å²) >= 11 is 0. The third-order valence-electron chi connectivity index (χ3n) is 7.65. The average Bonchev–Trinajstić information content (AvgIpc) is 3.67. The van der Waals surface area contributed by atoms with Crippen LogP contribution in [0.2, 0.25) is 0 Å². The van der Waals surface area contributed by atoms with Crippen LogP contribution in [-0.4, -0.2) is 102 Å². The van der Waals surface area contributed by atoms with Crippen molar-refractivity contribution < 1.29 is 43.9 Å². The van der Waals surface area contributed by atoms with Crippen molar-refractivity contribution in [2.24, 2.45) is 5.92 Å². The van der Waals surface area contributed by atoms with E-state index in [0.29, 0.717) is 69.2 Å². The van der Waals surface area contributed by atoms with Gasteiger partial charge in [0.25, 0.3) is 0 Å². The lowest BCUT2D eigenvalue weighted by Crippen LogP contribution is -2.45. The minimum atomic E-state index is -0.936. The van der Waals surface area contributed by atoms with E-state index in [2.05, 4.69) is 6.92 Å². The van der Waals surface area contributed by atoms with Gasteiger partial charge in [-0.1, -0.05) is 13.3 Å². The van der Waals surface area contributed by atoms with E-state index in [1.165, 1.54) is 0 Å². The molecule has 2 saturated heterocycles. The van der Waals surface area contributed by atoms with Crippen LogP contribution in [0.3, 0.4) is 0 Å². The van der Waals surface area contributed by atoms with Crippen molar-refractivity contribution in [1.82, 2.24) is 9.80 Å². The number of carboxylic acid groups (broad SMARTS) is 1. The number of benzene rings is 1. The fraction of sp³-hybridized carbons (Fsp3) is 0.704. The summed E-state index contributed by atoms with van der Waals surface area (Å²) in [6.45, 7) is 4.40. The predicted molar refractivity (Wildman–Crippen MR) is 136 cm³/mol. The highest BCUT2D eigenvalue weighted by atomic mass is 16.7. The van der Waals surface area contributed by atoms with Gasteiger partial charge in [0.05, 0.1) is 32.3 Å². The lowest BCUT2D eigenvalue weighted by Gasteiger charge is -2.30. The molecule has 11 heteroatoms. The molecule has 0 aliphatic carbocycles. The molecule has 3 N–H and O–H groups in total. The Labute approximate surface area is 223 Å². The summed E-state index contributed by atoms with van der Waals surface area (Å²) < 4.78 is 22.3. The number of hydrogen-bond acceptors (Lipinski definition) is 9. The second-order valence-corrected chi connectivity index (χ2v) is 10.1. The molecule has 11 nitrogen and oxygen atoms in total. The van der Waals surface area contributed by atoms with E-state index in [-0.39, 0.29) is 38.7 Å². The van der Waals surface area contributed by atoms with Crippen LogP contribution >= 0.6 is 0 Å². The number of carboxylic acids is 1. The molecule has 0 unspecified atom stereocenters. The Balaban J connectivity index is 1.60. The Morgan fingerprint density at radius 1 is 1.08 bits per heavy atom. The molecule has 4 rings (SSSR count). The van der Waals surface area contributed by atoms with Gasteiger partial charge in [-0.25, -0.2) is 0 Å². The topological polar surface area (TPSA) is 138 Å². The van der Waals surface area contributed by atoms with Crippen LogP contribution in [0.4, 0.5) is 0 Å². The fourth-order valence-electron chi connectivity index (χ4n) is 5.75. The van der Waals surface area contributed by atoms with Gasteiger partial charge in [0.2, 0.25) is 12.7 Å². The number of aliphatic hydroxyl groups is 2. The number of aliphatic hydroxyl groups excluding tert-OH is 2. The van der Waals surface area contributed by atoms with Gasteiger partial charge < -0.3 is 39.2 Å². The predicted octanol–water partition coefficient (Wildman–Crippen LogP) is 1.54. The van der Waals surface area contributed by atoms with Crippen molar-refractivity contribution in [3.63, 3.8) is 0 Å². The third kappa shape index (κ3) is 6.58. The van der Waals surface area contributed by atoms with Crippen molar-refractivity contribution in [3.05, 3.63) is 23.3 Å². The Morgan fingerprint density at radius 2 is 1.84 bits per heavy atom. The quantitative estimate of drug-likeness (QED) is 0.321. The Hall–Kier alpha value is -2.44. The van der Waals surface area contributed by atoms with Gasteiger partial charge in [-0.05, 0) is 43.4 Å². The summed E-state index contributed by atoms with van der Waals surface area (Å²) in [5, 5.41) is 29.6. The van der Waals surface area contributed by atoms with Crippen LogP contribution in [-0.2, 0) is 25.7 Å². The summed E-state index contributed by atoms with van der Waals surface area (Å²) in [4.78, 5) is 29.9. The Kier molecular flexibility index (Phi) is 10.2. The molecule has 1 amide bonds. The summed E-state index contributed by atoms with van der Waals surface area (Å²) in [5.41, 5.74) is 1.29. The first-order valence-electron chi connectivity index (χ1n) is 13.6. The van der Waals surface area contributed by atoms with E-state index < -0.39 is 23.8 Å². The van der Waals surface area contributed by atoms with Crippen LogP contribution in [0.25, 0.3) is 0 Å². The smallest absolute Gasteiger partial charge is 0.308 e. The molecule has 2 fully saturated rings. The first-order valence-corrected chi connectivity index (χ1v) is 13.6. The lowest BCUT2D eigenvalue weighted by atomic mass is 9.83. The van der Waals surface area contributed by atoms with Crippen molar-refractivity contribution in [2.75, 3.05) is 52.8 Å². The SMILES string of the molecule is CCCCN(CCCO)C(=O)CN1C[C@H](c2cc(CO)c3c(c2)OCO3)[C@@H](C(=O)O)[C@@H]1CCC1OCCO1. The number of ether oxygens (including phenoxy) is 4. The van der Waals surface area contributed by atoms with Crippen LogP contribution in [0.5, 0.6) is 11.5 Å².